The number of hydrogen-bond acceptors (Lipinski definition) is 11. The van der Waals surface area contributed by atoms with Gasteiger partial charge in [0.1, 0.15) is 17.5 Å². The number of benzene rings is 1. The Balaban J connectivity index is 1.26. The molecule has 1 aliphatic carbocycles. The van der Waals surface area contributed by atoms with Crippen molar-refractivity contribution in [1.29, 1.82) is 0 Å². The third-order valence-electron chi connectivity index (χ3n) is 8.32. The minimum Gasteiger partial charge on any atom is -0.495 e. The summed E-state index contributed by atoms with van der Waals surface area (Å²) in [5.74, 6) is 0.431. The molecular formula is C33H47N7O7. The van der Waals surface area contributed by atoms with Crippen LogP contribution >= 0.6 is 0 Å². The zero-order valence-electron chi connectivity index (χ0n) is 27.7. The molecule has 2 aromatic rings. The Morgan fingerprint density at radius 1 is 1.15 bits per heavy atom. The second-order valence-corrected chi connectivity index (χ2v) is 11.6. The highest BCUT2D eigenvalue weighted by atomic mass is 16.5. The number of ether oxygens (including phenoxy) is 3. The highest BCUT2D eigenvalue weighted by Crippen LogP contribution is 2.40. The van der Waals surface area contributed by atoms with Crippen LogP contribution in [0.5, 0.6) is 5.75 Å². The second-order valence-electron chi connectivity index (χ2n) is 11.6. The average Bonchev–Trinajstić information content (AvgIpc) is 3.60. The van der Waals surface area contributed by atoms with Crippen molar-refractivity contribution < 1.29 is 33.7 Å². The topological polar surface area (TPSA) is 159 Å². The molecule has 1 saturated carbocycles. The Hall–Kier alpha value is -4.27. The van der Waals surface area contributed by atoms with E-state index in [1.165, 1.54) is 7.11 Å². The number of nitrogens with one attached hydrogen (secondary N) is 2. The number of amides is 2. The molecule has 0 saturated heterocycles. The first-order valence-corrected chi connectivity index (χ1v) is 16.1. The molecule has 3 N–H and O–H groups in total. The summed E-state index contributed by atoms with van der Waals surface area (Å²) < 4.78 is 16.7. The summed E-state index contributed by atoms with van der Waals surface area (Å²) in [5.41, 5.74) is 1.73. The van der Waals surface area contributed by atoms with Crippen LogP contribution in [0.25, 0.3) is 0 Å². The van der Waals surface area contributed by atoms with Crippen LogP contribution in [0, 0.1) is 0 Å². The lowest BCUT2D eigenvalue weighted by atomic mass is 10.0. The number of likely N-dealkylation sites (N-methyl/N-ethyl adjacent to an activating group) is 2. The summed E-state index contributed by atoms with van der Waals surface area (Å²) in [6.07, 6.45) is 9.44. The smallest absolute Gasteiger partial charge is 0.328 e. The Morgan fingerprint density at radius 2 is 1.89 bits per heavy atom. The number of carbonyl (C=O) groups is 3. The predicted octanol–water partition coefficient (Wildman–Crippen LogP) is 3.07. The fourth-order valence-corrected chi connectivity index (χ4v) is 5.81. The van der Waals surface area contributed by atoms with Crippen molar-refractivity contribution in [2.75, 3.05) is 82.4 Å². The summed E-state index contributed by atoms with van der Waals surface area (Å²) in [6, 6.07) is 5.12. The molecule has 2 heterocycles. The van der Waals surface area contributed by atoms with Gasteiger partial charge >= 0.3 is 5.97 Å². The van der Waals surface area contributed by atoms with Gasteiger partial charge in [0.05, 0.1) is 45.4 Å². The van der Waals surface area contributed by atoms with E-state index in [0.29, 0.717) is 81.1 Å². The summed E-state index contributed by atoms with van der Waals surface area (Å²) >= 11 is 0. The minimum absolute atomic E-state index is 0.0634. The molecule has 2 aliphatic rings. The van der Waals surface area contributed by atoms with Gasteiger partial charge < -0.3 is 44.7 Å². The fraction of sp³-hybridized carbons (Fsp3) is 0.545. The number of aliphatic carboxylic acids is 1. The van der Waals surface area contributed by atoms with E-state index in [-0.39, 0.29) is 23.9 Å². The predicted molar refractivity (Wildman–Crippen MR) is 179 cm³/mol. The lowest BCUT2D eigenvalue weighted by Crippen LogP contribution is -2.55. The van der Waals surface area contributed by atoms with Crippen LogP contribution in [0.15, 0.2) is 36.5 Å². The lowest BCUT2D eigenvalue weighted by Gasteiger charge is -2.43. The molecule has 1 atom stereocenters. The van der Waals surface area contributed by atoms with E-state index in [4.69, 9.17) is 24.3 Å². The first-order valence-electron chi connectivity index (χ1n) is 16.1. The molecule has 1 aromatic heterocycles. The SMILES string of the molecule is CC[C@@H]1C(=O)N(C)c2cnc(Nc3ccc(C(=O)NCCOCCOCCN(C)CC=CC(=O)O)cc3OC)nc2N1C1CCCC1. The van der Waals surface area contributed by atoms with E-state index in [9.17, 15) is 14.4 Å². The molecule has 0 bridgehead atoms. The third-order valence-corrected chi connectivity index (χ3v) is 8.32. The van der Waals surface area contributed by atoms with E-state index >= 15 is 0 Å². The molecule has 14 heteroatoms. The molecule has 1 fully saturated rings. The minimum atomic E-state index is -0.962. The number of hydrogen-bond donors (Lipinski definition) is 3. The molecule has 4 rings (SSSR count). The zero-order chi connectivity index (χ0) is 33.8. The van der Waals surface area contributed by atoms with E-state index < -0.39 is 5.97 Å². The molecule has 47 heavy (non-hydrogen) atoms. The Bertz CT molecular complexity index is 1400. The van der Waals surface area contributed by atoms with E-state index in [2.05, 4.69) is 20.5 Å². The van der Waals surface area contributed by atoms with Crippen LogP contribution in [0.1, 0.15) is 49.4 Å². The average molecular weight is 654 g/mol. The van der Waals surface area contributed by atoms with Gasteiger partial charge in [-0.3, -0.25) is 9.59 Å². The summed E-state index contributed by atoms with van der Waals surface area (Å²) in [5, 5.41) is 14.7. The first-order chi connectivity index (χ1) is 22.7. The van der Waals surface area contributed by atoms with Crippen molar-refractivity contribution in [1.82, 2.24) is 20.2 Å². The van der Waals surface area contributed by atoms with Gasteiger partial charge in [0.2, 0.25) is 11.9 Å². The third kappa shape index (κ3) is 9.62. The van der Waals surface area contributed by atoms with Crippen molar-refractivity contribution in [3.8, 4) is 5.75 Å². The number of fused-ring (bicyclic) bond motifs is 1. The molecule has 14 nitrogen and oxygen atoms in total. The number of aromatic nitrogens is 2. The molecule has 0 unspecified atom stereocenters. The van der Waals surface area contributed by atoms with Gasteiger partial charge in [0, 0.05) is 44.4 Å². The van der Waals surface area contributed by atoms with Crippen LogP contribution in [0.2, 0.25) is 0 Å². The van der Waals surface area contributed by atoms with Crippen LogP contribution in [-0.4, -0.2) is 117 Å². The molecule has 0 spiro atoms. The number of rotatable bonds is 18. The Labute approximate surface area is 276 Å². The zero-order valence-corrected chi connectivity index (χ0v) is 27.7. The molecule has 2 amide bonds. The number of carboxylic acid groups (broad SMARTS) is 1. The van der Waals surface area contributed by atoms with Crippen molar-refractivity contribution in [3.63, 3.8) is 0 Å². The second kappa shape index (κ2) is 17.6. The number of anilines is 4. The Morgan fingerprint density at radius 3 is 2.60 bits per heavy atom. The van der Waals surface area contributed by atoms with Crippen LogP contribution < -0.4 is 25.2 Å². The quantitative estimate of drug-likeness (QED) is 0.160. The van der Waals surface area contributed by atoms with Gasteiger partial charge in [0.15, 0.2) is 5.82 Å². The highest BCUT2D eigenvalue weighted by molar-refractivity contribution is 6.04. The van der Waals surface area contributed by atoms with Crippen LogP contribution in [0.4, 0.5) is 23.1 Å². The largest absolute Gasteiger partial charge is 0.495 e. The van der Waals surface area contributed by atoms with Gasteiger partial charge in [0.25, 0.3) is 5.91 Å². The normalized spacial score (nSPS) is 16.6. The van der Waals surface area contributed by atoms with Gasteiger partial charge in [-0.2, -0.15) is 4.98 Å². The van der Waals surface area contributed by atoms with Crippen molar-refractivity contribution >= 4 is 40.9 Å². The van der Waals surface area contributed by atoms with E-state index in [1.54, 1.807) is 42.4 Å². The monoisotopic (exact) mass is 653 g/mol. The van der Waals surface area contributed by atoms with Crippen molar-refractivity contribution in [3.05, 3.63) is 42.1 Å². The van der Waals surface area contributed by atoms with Gasteiger partial charge in [-0.05, 0) is 44.5 Å². The van der Waals surface area contributed by atoms with Gasteiger partial charge in [-0.15, -0.1) is 0 Å². The maximum atomic E-state index is 13.2. The standard InChI is InChI=1S/C33H47N7O7/c1-5-26-32(44)39(3)27-22-35-33(37-30(27)40(26)24-9-6-7-10-24)36-25-13-12-23(21-28(25)45-4)31(43)34-14-17-46-19-20-47-18-16-38(2)15-8-11-29(41)42/h8,11-13,21-22,24,26H,5-7,9-10,14-20H2,1-4H3,(H,34,43)(H,41,42)(H,35,36,37)/t26-/m1/s1. The maximum absolute atomic E-state index is 13.2. The summed E-state index contributed by atoms with van der Waals surface area (Å²) in [4.78, 5) is 51.7. The summed E-state index contributed by atoms with van der Waals surface area (Å²) in [6.45, 7) is 5.19. The maximum Gasteiger partial charge on any atom is 0.328 e. The summed E-state index contributed by atoms with van der Waals surface area (Å²) in [7, 11) is 5.19. The Kier molecular flexibility index (Phi) is 13.3. The molecule has 1 aromatic carbocycles. The number of nitrogens with zero attached hydrogens (tertiary/aromatic N) is 5. The highest BCUT2D eigenvalue weighted by Gasteiger charge is 2.41. The van der Waals surface area contributed by atoms with E-state index in [0.717, 1.165) is 37.6 Å². The first kappa shape index (κ1) is 35.6. The van der Waals surface area contributed by atoms with Gasteiger partial charge in [-0.25, -0.2) is 9.78 Å². The molecule has 1 aliphatic heterocycles. The van der Waals surface area contributed by atoms with E-state index in [1.807, 2.05) is 18.9 Å². The molecule has 256 valence electrons. The van der Waals surface area contributed by atoms with Crippen LogP contribution in [-0.2, 0) is 19.1 Å². The number of methoxy groups -OCH3 is 1. The fourth-order valence-electron chi connectivity index (χ4n) is 5.81. The number of carboxylic acids is 1. The van der Waals surface area contributed by atoms with Crippen molar-refractivity contribution in [2.24, 2.45) is 0 Å². The van der Waals surface area contributed by atoms with Crippen LogP contribution in [0.3, 0.4) is 0 Å². The van der Waals surface area contributed by atoms with Gasteiger partial charge in [-0.1, -0.05) is 25.8 Å². The molecular weight excluding hydrogens is 606 g/mol. The number of carbonyl (C=O) groups excluding carboxylic acids is 2. The van der Waals surface area contributed by atoms with Crippen molar-refractivity contribution in [2.45, 2.75) is 51.1 Å². The molecule has 0 radical (unpaired) electrons. The lowest BCUT2D eigenvalue weighted by molar-refractivity contribution is -0.131.